The van der Waals surface area contributed by atoms with Crippen LogP contribution in [-0.4, -0.2) is 19.7 Å². The molecule has 2 aromatic rings. The average molecular weight is 270 g/mol. The largest absolute Gasteiger partial charge is 0.497 e. The van der Waals surface area contributed by atoms with E-state index in [4.69, 9.17) is 10.5 Å². The summed E-state index contributed by atoms with van der Waals surface area (Å²) in [5, 5.41) is 3.50. The van der Waals surface area contributed by atoms with Crippen LogP contribution in [0.15, 0.2) is 54.6 Å². The molecule has 0 bridgehead atoms. The lowest BCUT2D eigenvalue weighted by atomic mass is 9.93. The van der Waals surface area contributed by atoms with Crippen LogP contribution in [0.4, 0.5) is 5.69 Å². The van der Waals surface area contributed by atoms with E-state index in [1.54, 1.807) is 7.11 Å². The second-order valence-corrected chi connectivity index (χ2v) is 4.92. The Morgan fingerprint density at radius 3 is 2.50 bits per heavy atom. The molecule has 0 spiro atoms. The second kappa shape index (κ2) is 6.96. The maximum atomic E-state index is 5.94. The number of anilines is 1. The molecule has 2 aromatic carbocycles. The van der Waals surface area contributed by atoms with Gasteiger partial charge in [-0.15, -0.1) is 0 Å². The minimum Gasteiger partial charge on any atom is -0.497 e. The van der Waals surface area contributed by atoms with Crippen molar-refractivity contribution in [3.8, 4) is 5.75 Å². The SMILES string of the molecule is COc1cccc(NC(CN)C(C)c2ccccc2)c1. The summed E-state index contributed by atoms with van der Waals surface area (Å²) in [6.07, 6.45) is 0. The Bertz CT molecular complexity index is 528. The number of methoxy groups -OCH3 is 1. The molecule has 0 aliphatic heterocycles. The molecule has 2 unspecified atom stereocenters. The number of hydrogen-bond acceptors (Lipinski definition) is 3. The molecule has 106 valence electrons. The van der Waals surface area contributed by atoms with E-state index in [1.165, 1.54) is 5.56 Å². The van der Waals surface area contributed by atoms with E-state index in [2.05, 4.69) is 36.5 Å². The quantitative estimate of drug-likeness (QED) is 0.847. The molecule has 0 heterocycles. The van der Waals surface area contributed by atoms with Gasteiger partial charge < -0.3 is 15.8 Å². The number of nitrogens with one attached hydrogen (secondary N) is 1. The van der Waals surface area contributed by atoms with Gasteiger partial charge in [-0.25, -0.2) is 0 Å². The first-order valence-corrected chi connectivity index (χ1v) is 6.90. The Hall–Kier alpha value is -2.00. The number of hydrogen-bond donors (Lipinski definition) is 2. The first kappa shape index (κ1) is 14.4. The Labute approximate surface area is 120 Å². The fraction of sp³-hybridized carbons (Fsp3) is 0.294. The molecular formula is C17H22N2O. The van der Waals surface area contributed by atoms with E-state index >= 15 is 0 Å². The highest BCUT2D eigenvalue weighted by atomic mass is 16.5. The molecule has 3 N–H and O–H groups in total. The van der Waals surface area contributed by atoms with Gasteiger partial charge in [0.15, 0.2) is 0 Å². The Kier molecular flexibility index (Phi) is 5.02. The monoisotopic (exact) mass is 270 g/mol. The van der Waals surface area contributed by atoms with Gasteiger partial charge in [-0.05, 0) is 17.7 Å². The van der Waals surface area contributed by atoms with Gasteiger partial charge in [-0.3, -0.25) is 0 Å². The van der Waals surface area contributed by atoms with Crippen molar-refractivity contribution in [3.63, 3.8) is 0 Å². The molecule has 0 aliphatic carbocycles. The normalized spacial score (nSPS) is 13.6. The van der Waals surface area contributed by atoms with Crippen molar-refractivity contribution in [2.45, 2.75) is 18.9 Å². The second-order valence-electron chi connectivity index (χ2n) is 4.92. The zero-order chi connectivity index (χ0) is 14.4. The van der Waals surface area contributed by atoms with Crippen LogP contribution in [0.1, 0.15) is 18.4 Å². The van der Waals surface area contributed by atoms with Gasteiger partial charge in [0.05, 0.1) is 7.11 Å². The first-order chi connectivity index (χ1) is 9.74. The minimum atomic E-state index is 0.185. The zero-order valence-corrected chi connectivity index (χ0v) is 12.0. The molecule has 0 aliphatic rings. The summed E-state index contributed by atoms with van der Waals surface area (Å²) in [5.74, 6) is 1.19. The van der Waals surface area contributed by atoms with Crippen LogP contribution in [0.2, 0.25) is 0 Å². The molecule has 0 amide bonds. The van der Waals surface area contributed by atoms with Crippen LogP contribution in [0.5, 0.6) is 5.75 Å². The van der Waals surface area contributed by atoms with Gasteiger partial charge in [0.1, 0.15) is 5.75 Å². The van der Waals surface area contributed by atoms with E-state index in [1.807, 2.05) is 30.3 Å². The standard InChI is InChI=1S/C17H22N2O/c1-13(14-7-4-3-5-8-14)17(12-18)19-15-9-6-10-16(11-15)20-2/h3-11,13,17,19H,12,18H2,1-2H3. The van der Waals surface area contributed by atoms with Gasteiger partial charge in [-0.2, -0.15) is 0 Å². The molecule has 20 heavy (non-hydrogen) atoms. The Morgan fingerprint density at radius 1 is 1.10 bits per heavy atom. The smallest absolute Gasteiger partial charge is 0.120 e. The predicted molar refractivity (Wildman–Crippen MR) is 84.3 cm³/mol. The van der Waals surface area contributed by atoms with Crippen molar-refractivity contribution < 1.29 is 4.74 Å². The van der Waals surface area contributed by atoms with E-state index < -0.39 is 0 Å². The predicted octanol–water partition coefficient (Wildman–Crippen LogP) is 3.24. The Morgan fingerprint density at radius 2 is 1.85 bits per heavy atom. The molecule has 0 aromatic heterocycles. The van der Waals surface area contributed by atoms with Gasteiger partial charge in [0, 0.05) is 30.3 Å². The maximum Gasteiger partial charge on any atom is 0.120 e. The van der Waals surface area contributed by atoms with Crippen molar-refractivity contribution in [2.24, 2.45) is 5.73 Å². The highest BCUT2D eigenvalue weighted by Crippen LogP contribution is 2.23. The van der Waals surface area contributed by atoms with Gasteiger partial charge in [0.25, 0.3) is 0 Å². The van der Waals surface area contributed by atoms with Crippen LogP contribution >= 0.6 is 0 Å². The van der Waals surface area contributed by atoms with Crippen LogP contribution in [0.3, 0.4) is 0 Å². The van der Waals surface area contributed by atoms with Gasteiger partial charge >= 0.3 is 0 Å². The fourth-order valence-corrected chi connectivity index (χ4v) is 2.30. The van der Waals surface area contributed by atoms with Gasteiger partial charge in [-0.1, -0.05) is 43.3 Å². The van der Waals surface area contributed by atoms with Crippen molar-refractivity contribution in [1.29, 1.82) is 0 Å². The molecule has 3 heteroatoms. The molecule has 2 rings (SSSR count). The topological polar surface area (TPSA) is 47.3 Å². The maximum absolute atomic E-state index is 5.94. The van der Waals surface area contributed by atoms with E-state index in [0.717, 1.165) is 11.4 Å². The summed E-state index contributed by atoms with van der Waals surface area (Å²) in [7, 11) is 1.67. The lowest BCUT2D eigenvalue weighted by molar-refractivity contribution is 0.415. The third-order valence-corrected chi connectivity index (χ3v) is 3.60. The molecule has 0 saturated heterocycles. The molecule has 0 radical (unpaired) electrons. The van der Waals surface area contributed by atoms with Crippen molar-refractivity contribution in [1.82, 2.24) is 0 Å². The van der Waals surface area contributed by atoms with Crippen LogP contribution in [-0.2, 0) is 0 Å². The molecule has 0 saturated carbocycles. The third-order valence-electron chi connectivity index (χ3n) is 3.60. The third kappa shape index (κ3) is 3.52. The van der Waals surface area contributed by atoms with Crippen LogP contribution in [0, 0.1) is 0 Å². The fourth-order valence-electron chi connectivity index (χ4n) is 2.30. The number of ether oxygens (including phenoxy) is 1. The lowest BCUT2D eigenvalue weighted by Gasteiger charge is -2.25. The molecular weight excluding hydrogens is 248 g/mol. The minimum absolute atomic E-state index is 0.185. The summed E-state index contributed by atoms with van der Waals surface area (Å²) in [6, 6.07) is 18.5. The summed E-state index contributed by atoms with van der Waals surface area (Å²) in [5.41, 5.74) is 8.26. The van der Waals surface area contributed by atoms with Crippen LogP contribution < -0.4 is 15.8 Å². The highest BCUT2D eigenvalue weighted by Gasteiger charge is 2.17. The molecule has 0 fully saturated rings. The number of rotatable bonds is 6. The van der Waals surface area contributed by atoms with Crippen molar-refractivity contribution in [2.75, 3.05) is 19.0 Å². The summed E-state index contributed by atoms with van der Waals surface area (Å²) >= 11 is 0. The summed E-state index contributed by atoms with van der Waals surface area (Å²) < 4.78 is 5.24. The molecule has 2 atom stereocenters. The number of benzene rings is 2. The van der Waals surface area contributed by atoms with E-state index in [-0.39, 0.29) is 6.04 Å². The van der Waals surface area contributed by atoms with E-state index in [9.17, 15) is 0 Å². The lowest BCUT2D eigenvalue weighted by Crippen LogP contribution is -2.33. The summed E-state index contributed by atoms with van der Waals surface area (Å²) in [4.78, 5) is 0. The van der Waals surface area contributed by atoms with Crippen LogP contribution in [0.25, 0.3) is 0 Å². The highest BCUT2D eigenvalue weighted by molar-refractivity contribution is 5.49. The Balaban J connectivity index is 2.12. The molecule has 3 nitrogen and oxygen atoms in total. The van der Waals surface area contributed by atoms with Crippen molar-refractivity contribution in [3.05, 3.63) is 60.2 Å². The number of nitrogens with two attached hydrogens (primary N) is 1. The van der Waals surface area contributed by atoms with E-state index in [0.29, 0.717) is 12.5 Å². The summed E-state index contributed by atoms with van der Waals surface area (Å²) in [6.45, 7) is 2.77. The van der Waals surface area contributed by atoms with Gasteiger partial charge in [0.2, 0.25) is 0 Å². The average Bonchev–Trinajstić information content (AvgIpc) is 2.53. The van der Waals surface area contributed by atoms with Crippen molar-refractivity contribution >= 4 is 5.69 Å². The first-order valence-electron chi connectivity index (χ1n) is 6.90. The zero-order valence-electron chi connectivity index (χ0n) is 12.0.